The lowest BCUT2D eigenvalue weighted by atomic mass is 10.1. The van der Waals surface area contributed by atoms with Gasteiger partial charge in [0.15, 0.2) is 0 Å². The molecule has 21 heavy (non-hydrogen) atoms. The molecule has 4 heteroatoms. The Morgan fingerprint density at radius 1 is 1.19 bits per heavy atom. The van der Waals surface area contributed by atoms with Crippen molar-refractivity contribution in [3.63, 3.8) is 0 Å². The van der Waals surface area contributed by atoms with E-state index in [1.807, 2.05) is 34.9 Å². The van der Waals surface area contributed by atoms with Gasteiger partial charge in [-0.1, -0.05) is 30.7 Å². The number of hydrogen-bond acceptors (Lipinski definition) is 2. The van der Waals surface area contributed by atoms with Gasteiger partial charge >= 0.3 is 0 Å². The highest BCUT2D eigenvalue weighted by Crippen LogP contribution is 2.37. The summed E-state index contributed by atoms with van der Waals surface area (Å²) in [5.41, 5.74) is 1.68. The molecule has 0 bridgehead atoms. The number of benzene rings is 2. The van der Waals surface area contributed by atoms with Crippen LogP contribution in [0, 0.1) is 0 Å². The standard InChI is InChI=1S/C17H16ClNOS/c1-12-10-11-19(15-4-2-3-5-16(15)21-12)17(20)13-6-8-14(18)9-7-13/h2-9,12H,10-11H2,1H3/t12-/m0/s1. The Bertz CT molecular complexity index is 656. The van der Waals surface area contributed by atoms with Crippen LogP contribution in [0.3, 0.4) is 0 Å². The summed E-state index contributed by atoms with van der Waals surface area (Å²) in [7, 11) is 0. The number of para-hydroxylation sites is 1. The highest BCUT2D eigenvalue weighted by atomic mass is 35.5. The van der Waals surface area contributed by atoms with Crippen molar-refractivity contribution in [3.8, 4) is 0 Å². The number of halogens is 1. The Hall–Kier alpha value is -1.45. The number of rotatable bonds is 1. The molecule has 1 atom stereocenters. The fraction of sp³-hybridized carbons (Fsp3) is 0.235. The average Bonchev–Trinajstić information content (AvgIpc) is 2.65. The normalized spacial score (nSPS) is 18.0. The molecule has 0 saturated heterocycles. The van der Waals surface area contributed by atoms with E-state index >= 15 is 0 Å². The topological polar surface area (TPSA) is 20.3 Å². The summed E-state index contributed by atoms with van der Waals surface area (Å²) in [6.07, 6.45) is 0.985. The molecule has 0 aliphatic carbocycles. The fourth-order valence-corrected chi connectivity index (χ4v) is 3.68. The summed E-state index contributed by atoms with van der Waals surface area (Å²) >= 11 is 7.74. The van der Waals surface area contributed by atoms with Crippen LogP contribution in [0.5, 0.6) is 0 Å². The van der Waals surface area contributed by atoms with Crippen molar-refractivity contribution in [1.29, 1.82) is 0 Å². The van der Waals surface area contributed by atoms with E-state index in [4.69, 9.17) is 11.6 Å². The number of hydrogen-bond donors (Lipinski definition) is 0. The molecule has 0 saturated carbocycles. The predicted octanol–water partition coefficient (Wildman–Crippen LogP) is 4.87. The van der Waals surface area contributed by atoms with Crippen LogP contribution >= 0.6 is 23.4 Å². The van der Waals surface area contributed by atoms with E-state index in [-0.39, 0.29) is 5.91 Å². The quantitative estimate of drug-likeness (QED) is 0.747. The second-order valence-corrected chi connectivity index (χ2v) is 7.07. The summed E-state index contributed by atoms with van der Waals surface area (Å²) < 4.78 is 0. The number of thioether (sulfide) groups is 1. The first kappa shape index (κ1) is 14.5. The van der Waals surface area contributed by atoms with Crippen molar-refractivity contribution in [2.24, 2.45) is 0 Å². The van der Waals surface area contributed by atoms with Gasteiger partial charge in [-0.25, -0.2) is 0 Å². The maximum Gasteiger partial charge on any atom is 0.258 e. The summed E-state index contributed by atoms with van der Waals surface area (Å²) in [5.74, 6) is 0.0359. The SMILES string of the molecule is C[C@H]1CCN(C(=O)c2ccc(Cl)cc2)c2ccccc2S1. The minimum Gasteiger partial charge on any atom is -0.307 e. The molecule has 0 radical (unpaired) electrons. The first-order valence-electron chi connectivity index (χ1n) is 6.98. The van der Waals surface area contributed by atoms with Crippen LogP contribution in [0.15, 0.2) is 53.4 Å². The van der Waals surface area contributed by atoms with Gasteiger partial charge in [0.25, 0.3) is 5.91 Å². The highest BCUT2D eigenvalue weighted by Gasteiger charge is 2.24. The number of fused-ring (bicyclic) bond motifs is 1. The van der Waals surface area contributed by atoms with E-state index in [0.717, 1.165) is 18.7 Å². The monoisotopic (exact) mass is 317 g/mol. The zero-order valence-electron chi connectivity index (χ0n) is 11.8. The molecule has 0 N–H and O–H groups in total. The van der Waals surface area contributed by atoms with Crippen LogP contribution in [0.2, 0.25) is 5.02 Å². The van der Waals surface area contributed by atoms with Crippen molar-refractivity contribution in [2.45, 2.75) is 23.5 Å². The number of carbonyl (C=O) groups excluding carboxylic acids is 1. The van der Waals surface area contributed by atoms with Gasteiger partial charge in [0.2, 0.25) is 0 Å². The third kappa shape index (κ3) is 3.09. The summed E-state index contributed by atoms with van der Waals surface area (Å²) in [6.45, 7) is 2.95. The first-order chi connectivity index (χ1) is 10.1. The van der Waals surface area contributed by atoms with Gasteiger partial charge in [-0.15, -0.1) is 11.8 Å². The molecule has 2 nitrogen and oxygen atoms in total. The van der Waals surface area contributed by atoms with Crippen LogP contribution < -0.4 is 4.90 Å². The van der Waals surface area contributed by atoms with Gasteiger partial charge in [0.1, 0.15) is 0 Å². The van der Waals surface area contributed by atoms with Gasteiger partial charge in [-0.2, -0.15) is 0 Å². The molecule has 0 aromatic heterocycles. The third-order valence-corrected chi connectivity index (χ3v) is 5.07. The van der Waals surface area contributed by atoms with Gasteiger partial charge in [0, 0.05) is 27.3 Å². The molecule has 1 aliphatic rings. The molecule has 1 aliphatic heterocycles. The van der Waals surface area contributed by atoms with Crippen molar-refractivity contribution >= 4 is 35.0 Å². The summed E-state index contributed by atoms with van der Waals surface area (Å²) in [6, 6.07) is 15.2. The average molecular weight is 318 g/mol. The second kappa shape index (κ2) is 6.12. The largest absolute Gasteiger partial charge is 0.307 e. The molecule has 2 aromatic carbocycles. The number of nitrogens with zero attached hydrogens (tertiary/aromatic N) is 1. The Kier molecular flexibility index (Phi) is 4.22. The second-order valence-electron chi connectivity index (χ2n) is 5.15. The molecule has 0 spiro atoms. The van der Waals surface area contributed by atoms with E-state index < -0.39 is 0 Å². The number of amides is 1. The van der Waals surface area contributed by atoms with Gasteiger partial charge < -0.3 is 4.90 Å². The molecule has 2 aromatic rings. The smallest absolute Gasteiger partial charge is 0.258 e. The van der Waals surface area contributed by atoms with E-state index in [1.54, 1.807) is 24.3 Å². The zero-order valence-corrected chi connectivity index (χ0v) is 13.3. The predicted molar refractivity (Wildman–Crippen MR) is 89.5 cm³/mol. The number of anilines is 1. The maximum absolute atomic E-state index is 12.8. The zero-order chi connectivity index (χ0) is 14.8. The van der Waals surface area contributed by atoms with Crippen LogP contribution in [0.25, 0.3) is 0 Å². The lowest BCUT2D eigenvalue weighted by molar-refractivity contribution is 0.0986. The maximum atomic E-state index is 12.8. The third-order valence-electron chi connectivity index (χ3n) is 3.58. The molecule has 1 heterocycles. The van der Waals surface area contributed by atoms with Gasteiger partial charge in [-0.05, 0) is 42.8 Å². The van der Waals surface area contributed by atoms with Crippen molar-refractivity contribution < 1.29 is 4.79 Å². The van der Waals surface area contributed by atoms with Crippen molar-refractivity contribution in [1.82, 2.24) is 0 Å². The fourth-order valence-electron chi connectivity index (χ4n) is 2.45. The van der Waals surface area contributed by atoms with E-state index in [9.17, 15) is 4.79 Å². The molecule has 3 rings (SSSR count). The lowest BCUT2D eigenvalue weighted by Gasteiger charge is -2.22. The van der Waals surface area contributed by atoms with Gasteiger partial charge in [0.05, 0.1) is 5.69 Å². The lowest BCUT2D eigenvalue weighted by Crippen LogP contribution is -2.32. The molecule has 0 fully saturated rings. The van der Waals surface area contributed by atoms with Crippen molar-refractivity contribution in [2.75, 3.05) is 11.4 Å². The van der Waals surface area contributed by atoms with E-state index in [0.29, 0.717) is 15.8 Å². The first-order valence-corrected chi connectivity index (χ1v) is 8.24. The van der Waals surface area contributed by atoms with E-state index in [1.165, 1.54) is 4.90 Å². The Balaban J connectivity index is 1.97. The summed E-state index contributed by atoms with van der Waals surface area (Å²) in [4.78, 5) is 15.9. The minimum atomic E-state index is 0.0359. The molecular weight excluding hydrogens is 302 g/mol. The van der Waals surface area contributed by atoms with Crippen LogP contribution in [-0.2, 0) is 0 Å². The molecule has 0 unspecified atom stereocenters. The van der Waals surface area contributed by atoms with Crippen LogP contribution in [0.4, 0.5) is 5.69 Å². The molecule has 108 valence electrons. The highest BCUT2D eigenvalue weighted by molar-refractivity contribution is 8.00. The number of carbonyl (C=O) groups is 1. The van der Waals surface area contributed by atoms with Crippen molar-refractivity contribution in [3.05, 3.63) is 59.1 Å². The molecule has 1 amide bonds. The van der Waals surface area contributed by atoms with Crippen LogP contribution in [0.1, 0.15) is 23.7 Å². The van der Waals surface area contributed by atoms with Gasteiger partial charge in [-0.3, -0.25) is 4.79 Å². The Morgan fingerprint density at radius 2 is 1.90 bits per heavy atom. The minimum absolute atomic E-state index is 0.0359. The molecular formula is C17H16ClNOS. The Morgan fingerprint density at radius 3 is 2.67 bits per heavy atom. The Labute approximate surface area is 134 Å². The van der Waals surface area contributed by atoms with Crippen LogP contribution in [-0.4, -0.2) is 17.7 Å². The van der Waals surface area contributed by atoms with E-state index in [2.05, 4.69) is 13.0 Å². The summed E-state index contributed by atoms with van der Waals surface area (Å²) in [5, 5.41) is 1.15.